The zero-order valence-corrected chi connectivity index (χ0v) is 11.2. The molecule has 0 N–H and O–H groups in total. The van der Waals surface area contributed by atoms with Crippen LogP contribution < -0.4 is 0 Å². The molecular formula is C12H8Cl4. The number of benzene rings is 1. The first-order valence-corrected chi connectivity index (χ1v) is 6.17. The molecule has 0 saturated heterocycles. The minimum atomic E-state index is -1.35. The molecule has 0 unspecified atom stereocenters. The fourth-order valence-corrected chi connectivity index (χ4v) is 2.37. The molecule has 0 aliphatic heterocycles. The average Bonchev–Trinajstić information content (AvgIpc) is 2.23. The SMILES string of the molecule is ClC1(Cl)C=CC=C(c2ccccc2)C1(Cl)Cl. The third-order valence-corrected chi connectivity index (χ3v) is 4.62. The molecule has 0 aromatic heterocycles. The molecule has 1 aliphatic rings. The van der Waals surface area contributed by atoms with Crippen LogP contribution in [-0.4, -0.2) is 8.67 Å². The van der Waals surface area contributed by atoms with E-state index in [0.29, 0.717) is 5.57 Å². The highest BCUT2D eigenvalue weighted by Gasteiger charge is 2.49. The molecule has 1 aromatic carbocycles. The van der Waals surface area contributed by atoms with Gasteiger partial charge in [0.05, 0.1) is 0 Å². The Hall–Kier alpha value is -0.140. The molecule has 0 spiro atoms. The number of hydrogen-bond donors (Lipinski definition) is 0. The predicted octanol–water partition coefficient (Wildman–Crippen LogP) is 4.99. The lowest BCUT2D eigenvalue weighted by atomic mass is 9.96. The zero-order valence-electron chi connectivity index (χ0n) is 8.13. The predicted molar refractivity (Wildman–Crippen MR) is 72.4 cm³/mol. The molecule has 0 bridgehead atoms. The highest BCUT2D eigenvalue weighted by atomic mass is 35.5. The van der Waals surface area contributed by atoms with Crippen molar-refractivity contribution in [2.24, 2.45) is 0 Å². The van der Waals surface area contributed by atoms with Crippen LogP contribution in [0, 0.1) is 0 Å². The molecule has 0 fully saturated rings. The van der Waals surface area contributed by atoms with Gasteiger partial charge in [0.25, 0.3) is 0 Å². The summed E-state index contributed by atoms with van der Waals surface area (Å²) in [6, 6.07) is 9.55. The summed E-state index contributed by atoms with van der Waals surface area (Å²) >= 11 is 24.7. The van der Waals surface area contributed by atoms with Crippen molar-refractivity contribution >= 4 is 52.0 Å². The first-order chi connectivity index (χ1) is 7.45. The van der Waals surface area contributed by atoms with Crippen LogP contribution in [0.15, 0.2) is 48.6 Å². The quantitative estimate of drug-likeness (QED) is 0.640. The Kier molecular flexibility index (Phi) is 3.29. The summed E-state index contributed by atoms with van der Waals surface area (Å²) in [5.74, 6) is 0. The molecule has 1 aromatic rings. The van der Waals surface area contributed by atoms with Gasteiger partial charge >= 0.3 is 0 Å². The van der Waals surface area contributed by atoms with Crippen molar-refractivity contribution in [3.05, 3.63) is 54.1 Å². The van der Waals surface area contributed by atoms with E-state index in [4.69, 9.17) is 46.4 Å². The van der Waals surface area contributed by atoms with Gasteiger partial charge in [0, 0.05) is 0 Å². The van der Waals surface area contributed by atoms with Gasteiger partial charge in [0.15, 0.2) is 8.67 Å². The number of allylic oxidation sites excluding steroid dienone is 4. The minimum absolute atomic E-state index is 0.698. The van der Waals surface area contributed by atoms with E-state index >= 15 is 0 Å². The molecule has 2 rings (SSSR count). The van der Waals surface area contributed by atoms with E-state index in [-0.39, 0.29) is 0 Å². The van der Waals surface area contributed by atoms with E-state index in [1.807, 2.05) is 36.4 Å². The normalized spacial score (nSPS) is 21.6. The number of halogens is 4. The van der Waals surface area contributed by atoms with E-state index in [9.17, 15) is 0 Å². The largest absolute Gasteiger partial charge is 0.180 e. The Morgan fingerprint density at radius 3 is 2.12 bits per heavy atom. The average molecular weight is 294 g/mol. The van der Waals surface area contributed by atoms with Gasteiger partial charge in [-0.05, 0) is 17.2 Å². The van der Waals surface area contributed by atoms with Gasteiger partial charge in [0.1, 0.15) is 0 Å². The highest BCUT2D eigenvalue weighted by Crippen LogP contribution is 2.53. The van der Waals surface area contributed by atoms with Crippen LogP contribution >= 0.6 is 46.4 Å². The van der Waals surface area contributed by atoms with Crippen molar-refractivity contribution in [1.29, 1.82) is 0 Å². The Labute approximate surface area is 114 Å². The van der Waals surface area contributed by atoms with Crippen molar-refractivity contribution in [2.45, 2.75) is 8.67 Å². The van der Waals surface area contributed by atoms with Crippen LogP contribution in [0.25, 0.3) is 5.57 Å². The lowest BCUT2D eigenvalue weighted by Crippen LogP contribution is -2.37. The van der Waals surface area contributed by atoms with Gasteiger partial charge in [-0.15, -0.1) is 0 Å². The van der Waals surface area contributed by atoms with E-state index in [0.717, 1.165) is 5.56 Å². The summed E-state index contributed by atoms with van der Waals surface area (Å²) < 4.78 is -2.68. The second-order valence-electron chi connectivity index (χ2n) is 3.50. The first kappa shape index (κ1) is 12.3. The van der Waals surface area contributed by atoms with Crippen molar-refractivity contribution in [3.8, 4) is 0 Å². The Morgan fingerprint density at radius 2 is 1.50 bits per heavy atom. The van der Waals surface area contributed by atoms with E-state index < -0.39 is 8.67 Å². The molecule has 0 saturated carbocycles. The third kappa shape index (κ3) is 2.00. The summed E-state index contributed by atoms with van der Waals surface area (Å²) in [5.41, 5.74) is 1.60. The summed E-state index contributed by atoms with van der Waals surface area (Å²) in [6.07, 6.45) is 5.15. The van der Waals surface area contributed by atoms with Crippen molar-refractivity contribution < 1.29 is 0 Å². The molecule has 0 nitrogen and oxygen atoms in total. The van der Waals surface area contributed by atoms with Crippen molar-refractivity contribution in [2.75, 3.05) is 0 Å². The fourth-order valence-electron chi connectivity index (χ4n) is 1.55. The molecule has 1 aliphatic carbocycles. The van der Waals surface area contributed by atoms with Gasteiger partial charge in [0.2, 0.25) is 0 Å². The van der Waals surface area contributed by atoms with E-state index in [1.54, 1.807) is 12.2 Å². The second-order valence-corrected chi connectivity index (χ2v) is 6.22. The van der Waals surface area contributed by atoms with Gasteiger partial charge in [-0.25, -0.2) is 0 Å². The van der Waals surface area contributed by atoms with Crippen molar-refractivity contribution in [3.63, 3.8) is 0 Å². The molecule has 0 atom stereocenters. The molecule has 0 amide bonds. The molecule has 16 heavy (non-hydrogen) atoms. The standard InChI is InChI=1S/C12H8Cl4/c13-11(14)8-4-7-10(12(11,15)16)9-5-2-1-3-6-9/h1-8H. The summed E-state index contributed by atoms with van der Waals surface area (Å²) in [5, 5.41) is 0. The molecule has 0 heterocycles. The lowest BCUT2D eigenvalue weighted by Gasteiger charge is -2.35. The number of hydrogen-bond acceptors (Lipinski definition) is 0. The van der Waals surface area contributed by atoms with Gasteiger partial charge in [-0.3, -0.25) is 0 Å². The molecule has 4 heteroatoms. The number of alkyl halides is 4. The smallest absolute Gasteiger partial charge is 0.0932 e. The summed E-state index contributed by atoms with van der Waals surface area (Å²) in [4.78, 5) is 0. The molecular weight excluding hydrogens is 286 g/mol. The Morgan fingerprint density at radius 1 is 0.875 bits per heavy atom. The van der Waals surface area contributed by atoms with Gasteiger partial charge < -0.3 is 0 Å². The second kappa shape index (κ2) is 4.27. The first-order valence-electron chi connectivity index (χ1n) is 4.66. The van der Waals surface area contributed by atoms with Gasteiger partial charge in [-0.2, -0.15) is 0 Å². The summed E-state index contributed by atoms with van der Waals surface area (Å²) in [7, 11) is 0. The highest BCUT2D eigenvalue weighted by molar-refractivity contribution is 6.67. The topological polar surface area (TPSA) is 0 Å². The lowest BCUT2D eigenvalue weighted by molar-refractivity contribution is 0.914. The van der Waals surface area contributed by atoms with Crippen LogP contribution in [0.1, 0.15) is 5.56 Å². The van der Waals surface area contributed by atoms with Gasteiger partial charge in [-0.1, -0.05) is 88.9 Å². The Balaban J connectivity index is 2.51. The molecule has 0 radical (unpaired) electrons. The van der Waals surface area contributed by atoms with Crippen LogP contribution in [0.4, 0.5) is 0 Å². The van der Waals surface area contributed by atoms with Crippen LogP contribution in [0.5, 0.6) is 0 Å². The maximum atomic E-state index is 6.25. The number of rotatable bonds is 1. The maximum Gasteiger partial charge on any atom is 0.180 e. The van der Waals surface area contributed by atoms with Crippen molar-refractivity contribution in [1.82, 2.24) is 0 Å². The monoisotopic (exact) mass is 292 g/mol. The minimum Gasteiger partial charge on any atom is -0.0932 e. The Bertz CT molecular complexity index is 443. The van der Waals surface area contributed by atoms with Crippen LogP contribution in [-0.2, 0) is 0 Å². The third-order valence-electron chi connectivity index (χ3n) is 2.41. The summed E-state index contributed by atoms with van der Waals surface area (Å²) in [6.45, 7) is 0. The van der Waals surface area contributed by atoms with E-state index in [1.165, 1.54) is 0 Å². The van der Waals surface area contributed by atoms with Crippen LogP contribution in [0.2, 0.25) is 0 Å². The van der Waals surface area contributed by atoms with E-state index in [2.05, 4.69) is 0 Å². The maximum absolute atomic E-state index is 6.25. The zero-order chi connectivity index (χ0) is 11.8. The molecule has 84 valence electrons. The fraction of sp³-hybridized carbons (Fsp3) is 0.167. The van der Waals surface area contributed by atoms with Crippen LogP contribution in [0.3, 0.4) is 0 Å².